The van der Waals surface area contributed by atoms with E-state index in [2.05, 4.69) is 141 Å². The minimum atomic E-state index is -0.423. The van der Waals surface area contributed by atoms with E-state index in [-0.39, 0.29) is 5.41 Å². The summed E-state index contributed by atoms with van der Waals surface area (Å²) >= 11 is 0. The fraction of sp³-hybridized carbons (Fsp3) is 0.0870. The number of hydrogen-bond acceptors (Lipinski definition) is 4. The van der Waals surface area contributed by atoms with Gasteiger partial charge in [0.2, 0.25) is 0 Å². The van der Waals surface area contributed by atoms with Gasteiger partial charge in [-0.1, -0.05) is 129 Å². The van der Waals surface area contributed by atoms with E-state index in [1.54, 1.807) is 0 Å². The lowest BCUT2D eigenvalue weighted by Crippen LogP contribution is -2.25. The standard InChI is InChI=1S/C46H30N4/c1-45(2)37-22-12-24-47-42(37)43-38(45)25-27(26-48-43)41-31-16-6-10-23-39(31)49-44(50-41)32-17-11-21-36-40(32)30-15-5-9-20-35(30)46(36)33-18-7-3-13-28(33)29-14-4-8-19-34(29)46/h3-26H,1-2H3. The number of nitrogens with zero attached hydrogens (tertiary/aromatic N) is 4. The average molecular weight is 639 g/mol. The lowest BCUT2D eigenvalue weighted by atomic mass is 9.70. The summed E-state index contributed by atoms with van der Waals surface area (Å²) in [5, 5.41) is 1.01. The van der Waals surface area contributed by atoms with Crippen LogP contribution in [-0.2, 0) is 10.8 Å². The van der Waals surface area contributed by atoms with Gasteiger partial charge in [0.05, 0.1) is 28.0 Å². The topological polar surface area (TPSA) is 51.6 Å². The molecule has 0 atom stereocenters. The second kappa shape index (κ2) is 9.67. The van der Waals surface area contributed by atoms with Gasteiger partial charge >= 0.3 is 0 Å². The molecule has 0 aliphatic heterocycles. The van der Waals surface area contributed by atoms with Crippen LogP contribution in [0, 0.1) is 0 Å². The van der Waals surface area contributed by atoms with Crippen molar-refractivity contribution in [2.24, 2.45) is 0 Å². The average Bonchev–Trinajstić information content (AvgIpc) is 3.73. The van der Waals surface area contributed by atoms with Crippen molar-refractivity contribution in [3.8, 4) is 56.3 Å². The second-order valence-corrected chi connectivity index (χ2v) is 14.2. The first-order chi connectivity index (χ1) is 24.6. The van der Waals surface area contributed by atoms with Gasteiger partial charge in [-0.25, -0.2) is 9.97 Å². The quantitative estimate of drug-likeness (QED) is 0.189. The first-order valence-electron chi connectivity index (χ1n) is 17.2. The maximum absolute atomic E-state index is 5.45. The molecular formula is C46H30N4. The summed E-state index contributed by atoms with van der Waals surface area (Å²) in [4.78, 5) is 20.5. The summed E-state index contributed by atoms with van der Waals surface area (Å²) < 4.78 is 0. The molecule has 0 saturated carbocycles. The van der Waals surface area contributed by atoms with E-state index in [9.17, 15) is 0 Å². The van der Waals surface area contributed by atoms with E-state index in [1.165, 1.54) is 55.6 Å². The van der Waals surface area contributed by atoms with Crippen LogP contribution in [0.1, 0.15) is 47.2 Å². The Bertz CT molecular complexity index is 2710. The van der Waals surface area contributed by atoms with Crippen molar-refractivity contribution in [3.63, 3.8) is 0 Å². The van der Waals surface area contributed by atoms with E-state index in [1.807, 2.05) is 18.5 Å². The molecule has 3 heterocycles. The van der Waals surface area contributed by atoms with Gasteiger partial charge in [-0.2, -0.15) is 0 Å². The summed E-state index contributed by atoms with van der Waals surface area (Å²) in [6.07, 6.45) is 3.82. The normalized spacial score (nSPS) is 14.9. The Labute approximate surface area is 290 Å². The molecule has 4 nitrogen and oxygen atoms in total. The Morgan fingerprint density at radius 1 is 0.460 bits per heavy atom. The van der Waals surface area contributed by atoms with Crippen LogP contribution in [0.5, 0.6) is 0 Å². The minimum absolute atomic E-state index is 0.222. The summed E-state index contributed by atoms with van der Waals surface area (Å²) in [6, 6.07) is 48.2. The van der Waals surface area contributed by atoms with Gasteiger partial charge in [-0.05, 0) is 73.8 Å². The van der Waals surface area contributed by atoms with Crippen LogP contribution in [0.4, 0.5) is 0 Å². The number of para-hydroxylation sites is 1. The lowest BCUT2D eigenvalue weighted by molar-refractivity contribution is 0.658. The van der Waals surface area contributed by atoms with Gasteiger partial charge in [-0.3, -0.25) is 9.97 Å². The molecule has 0 bridgehead atoms. The van der Waals surface area contributed by atoms with Crippen LogP contribution in [0.15, 0.2) is 146 Å². The Hall–Kier alpha value is -6.26. The van der Waals surface area contributed by atoms with E-state index in [0.29, 0.717) is 5.82 Å². The number of aromatic nitrogens is 4. The molecule has 0 fully saturated rings. The van der Waals surface area contributed by atoms with Crippen LogP contribution in [0.3, 0.4) is 0 Å². The van der Waals surface area contributed by atoms with Gasteiger partial charge in [0, 0.05) is 34.3 Å². The van der Waals surface area contributed by atoms with Gasteiger partial charge in [0.15, 0.2) is 5.82 Å². The second-order valence-electron chi connectivity index (χ2n) is 14.2. The Morgan fingerprint density at radius 3 is 1.84 bits per heavy atom. The molecule has 50 heavy (non-hydrogen) atoms. The van der Waals surface area contributed by atoms with Gasteiger partial charge in [0.1, 0.15) is 0 Å². The fourth-order valence-electron chi connectivity index (χ4n) is 9.25. The zero-order valence-corrected chi connectivity index (χ0v) is 27.6. The molecule has 11 rings (SSSR count). The van der Waals surface area contributed by atoms with E-state index >= 15 is 0 Å². The monoisotopic (exact) mass is 638 g/mol. The largest absolute Gasteiger partial charge is 0.254 e. The van der Waals surface area contributed by atoms with Crippen LogP contribution in [0.25, 0.3) is 67.2 Å². The highest BCUT2D eigenvalue weighted by Crippen LogP contribution is 2.63. The Balaban J connectivity index is 1.18. The number of pyridine rings is 2. The van der Waals surface area contributed by atoms with Crippen LogP contribution in [-0.4, -0.2) is 19.9 Å². The minimum Gasteiger partial charge on any atom is -0.254 e. The van der Waals surface area contributed by atoms with E-state index in [4.69, 9.17) is 19.9 Å². The molecule has 0 radical (unpaired) electrons. The van der Waals surface area contributed by atoms with Gasteiger partial charge < -0.3 is 0 Å². The predicted molar refractivity (Wildman–Crippen MR) is 200 cm³/mol. The van der Waals surface area contributed by atoms with Gasteiger partial charge in [-0.15, -0.1) is 0 Å². The number of benzene rings is 5. The van der Waals surface area contributed by atoms with Gasteiger partial charge in [0.25, 0.3) is 0 Å². The van der Waals surface area contributed by atoms with E-state index in [0.717, 1.165) is 39.1 Å². The third-order valence-corrected chi connectivity index (χ3v) is 11.4. The molecule has 3 aliphatic rings. The zero-order chi connectivity index (χ0) is 33.2. The SMILES string of the molecule is CC1(C)c2cccnc2-c2ncc(-c3nc(-c4cccc5c4-c4ccccc4C54c5ccccc5-c5ccccc54)nc4ccccc34)cc21. The van der Waals surface area contributed by atoms with Crippen LogP contribution >= 0.6 is 0 Å². The van der Waals surface area contributed by atoms with Crippen molar-refractivity contribution < 1.29 is 0 Å². The van der Waals surface area contributed by atoms with Crippen molar-refractivity contribution in [3.05, 3.63) is 179 Å². The maximum Gasteiger partial charge on any atom is 0.161 e. The zero-order valence-electron chi connectivity index (χ0n) is 27.6. The smallest absolute Gasteiger partial charge is 0.161 e. The summed E-state index contributed by atoms with van der Waals surface area (Å²) in [5.41, 5.74) is 17.7. The van der Waals surface area contributed by atoms with Crippen molar-refractivity contribution in [2.45, 2.75) is 24.7 Å². The molecule has 0 saturated heterocycles. The molecule has 234 valence electrons. The van der Waals surface area contributed by atoms with Crippen molar-refractivity contribution in [1.82, 2.24) is 19.9 Å². The summed E-state index contributed by atoms with van der Waals surface area (Å²) in [6.45, 7) is 4.52. The molecule has 5 aromatic carbocycles. The lowest BCUT2D eigenvalue weighted by Gasteiger charge is -2.30. The summed E-state index contributed by atoms with van der Waals surface area (Å²) in [7, 11) is 0. The molecule has 0 N–H and O–H groups in total. The number of rotatable bonds is 2. The third kappa shape index (κ3) is 3.35. The molecular weight excluding hydrogens is 609 g/mol. The Kier molecular flexibility index (Phi) is 5.35. The highest BCUT2D eigenvalue weighted by atomic mass is 14.9. The highest BCUT2D eigenvalue weighted by Gasteiger charge is 2.52. The summed E-state index contributed by atoms with van der Waals surface area (Å²) in [5.74, 6) is 0.715. The molecule has 0 unspecified atom stereocenters. The van der Waals surface area contributed by atoms with Crippen molar-refractivity contribution in [1.29, 1.82) is 0 Å². The van der Waals surface area contributed by atoms with Crippen molar-refractivity contribution >= 4 is 10.9 Å². The molecule has 0 amide bonds. The van der Waals surface area contributed by atoms with E-state index < -0.39 is 5.41 Å². The third-order valence-electron chi connectivity index (χ3n) is 11.4. The van der Waals surface area contributed by atoms with Crippen LogP contribution in [0.2, 0.25) is 0 Å². The fourth-order valence-corrected chi connectivity index (χ4v) is 9.25. The molecule has 1 spiro atoms. The first-order valence-corrected chi connectivity index (χ1v) is 17.2. The molecule has 8 aromatic rings. The number of fused-ring (bicyclic) bond motifs is 14. The molecule has 3 aromatic heterocycles. The molecule has 3 aliphatic carbocycles. The maximum atomic E-state index is 5.45. The van der Waals surface area contributed by atoms with Crippen LogP contribution < -0.4 is 0 Å². The number of hydrogen-bond donors (Lipinski definition) is 0. The predicted octanol–water partition coefficient (Wildman–Crippen LogP) is 10.4. The Morgan fingerprint density at radius 2 is 1.06 bits per heavy atom. The van der Waals surface area contributed by atoms with Crippen molar-refractivity contribution in [2.75, 3.05) is 0 Å². The first kappa shape index (κ1) is 27.7. The molecule has 4 heteroatoms. The highest BCUT2D eigenvalue weighted by molar-refractivity contribution is 6.01.